The third kappa shape index (κ3) is 11.7. The number of rotatable bonds is 22. The summed E-state index contributed by atoms with van der Waals surface area (Å²) >= 11 is 0. The summed E-state index contributed by atoms with van der Waals surface area (Å²) < 4.78 is 57.0. The lowest BCUT2D eigenvalue weighted by Crippen LogP contribution is -2.70. The molecule has 2 N–H and O–H groups in total. The molecule has 4 aromatic rings. The minimum absolute atomic E-state index is 0.0723. The Balaban J connectivity index is 1.21. The van der Waals surface area contributed by atoms with Crippen LogP contribution in [0.5, 0.6) is 5.75 Å². The molecule has 10 atom stereocenters. The van der Waals surface area contributed by atoms with E-state index in [9.17, 15) is 9.90 Å². The summed E-state index contributed by atoms with van der Waals surface area (Å²) in [6, 6.07) is 42.0. The molecule has 1 spiro atoms. The molecule has 0 aliphatic carbocycles. The predicted octanol–water partition coefficient (Wildman–Crippen LogP) is 10.3. The monoisotopic (exact) mass is 1010 g/mol. The van der Waals surface area contributed by atoms with Crippen molar-refractivity contribution >= 4 is 38.6 Å². The Hall–Kier alpha value is -3.74. The van der Waals surface area contributed by atoms with Crippen molar-refractivity contribution in [3.63, 3.8) is 0 Å². The van der Waals surface area contributed by atoms with E-state index in [1.54, 1.807) is 7.11 Å². The van der Waals surface area contributed by atoms with Crippen LogP contribution in [0.4, 0.5) is 5.69 Å². The van der Waals surface area contributed by atoms with Gasteiger partial charge in [-0.1, -0.05) is 139 Å². The van der Waals surface area contributed by atoms with Gasteiger partial charge in [0.1, 0.15) is 23.6 Å². The fourth-order valence-corrected chi connectivity index (χ4v) is 19.5. The maximum absolute atomic E-state index is 13.8. The van der Waals surface area contributed by atoms with Crippen molar-refractivity contribution in [3.8, 4) is 5.75 Å². The molecule has 11 nitrogen and oxygen atoms in total. The minimum Gasteiger partial charge on any atom is -0.497 e. The highest BCUT2D eigenvalue weighted by molar-refractivity contribution is 6.99. The summed E-state index contributed by atoms with van der Waals surface area (Å²) in [4.78, 5) is 13.8. The summed E-state index contributed by atoms with van der Waals surface area (Å²) in [5.74, 6) is -0.598. The van der Waals surface area contributed by atoms with Crippen LogP contribution in [0, 0.1) is 5.92 Å². The molecule has 4 saturated heterocycles. The van der Waals surface area contributed by atoms with Crippen molar-refractivity contribution < 1.29 is 47.2 Å². The Morgan fingerprint density at radius 1 is 0.803 bits per heavy atom. The second kappa shape index (κ2) is 22.4. The van der Waals surface area contributed by atoms with Gasteiger partial charge in [0.05, 0.1) is 62.9 Å². The number of carbonyl (C=O) groups is 1. The molecule has 13 heteroatoms. The molecule has 0 saturated carbocycles. The van der Waals surface area contributed by atoms with Crippen LogP contribution in [0.1, 0.15) is 106 Å². The van der Waals surface area contributed by atoms with Gasteiger partial charge in [0.15, 0.2) is 14.1 Å². The standard InChI is InChI=1S/C58H81NO10Si2/c1-10-70(11-2,12-3)68-51(38-57(40-60)41-64-57)52-50(63-39-43-30-32-45(62-9)33-31-43)37-56(8,67-52)53(69-71(55(5,6)7,46-25-18-14-19-26-46)47-27-20-15-21-28-47)49-34-36-58(66-49)35-22-29-48(65-58)42(4)54(61)59-44-23-16-13-17-24-44/h13-21,23-28,30-33,42,48-53,60H,10-12,22,29,34-41H2,1-9H3,(H,59,61)/t42-,48+,49+,50?,51-,52-,53+,56-,57+,58+/m1/s1. The summed E-state index contributed by atoms with van der Waals surface area (Å²) in [5.41, 5.74) is 0.117. The van der Waals surface area contributed by atoms with Crippen LogP contribution in [0.25, 0.3) is 0 Å². The van der Waals surface area contributed by atoms with Gasteiger partial charge in [-0.2, -0.15) is 0 Å². The molecule has 4 aliphatic heterocycles. The Morgan fingerprint density at radius 3 is 1.94 bits per heavy atom. The van der Waals surface area contributed by atoms with Crippen LogP contribution >= 0.6 is 0 Å². The van der Waals surface area contributed by atoms with Gasteiger partial charge in [-0.15, -0.1) is 0 Å². The van der Waals surface area contributed by atoms with Gasteiger partial charge in [0.2, 0.25) is 5.91 Å². The van der Waals surface area contributed by atoms with E-state index in [-0.39, 0.29) is 23.7 Å². The van der Waals surface area contributed by atoms with Gasteiger partial charge in [0, 0.05) is 31.4 Å². The molecule has 71 heavy (non-hydrogen) atoms. The highest BCUT2D eigenvalue weighted by atomic mass is 28.4. The van der Waals surface area contributed by atoms with Crippen LogP contribution in [-0.4, -0.2) is 102 Å². The SMILES string of the molecule is CC[Si](CC)(CC)O[C@H](C[C@]1(CO)CO1)[C@@H]1O[C@@](C)([C@@H](O[Si](c2ccccc2)(c2ccccc2)C(C)(C)C)[C@@H]2CC[C@]3(CCC[C@@H]([C@@H](C)C(=O)Nc4ccccc4)O3)O2)CC1OCc1ccc(OC)cc1. The van der Waals surface area contributed by atoms with Crippen LogP contribution < -0.4 is 20.4 Å². The summed E-state index contributed by atoms with van der Waals surface area (Å²) in [6.07, 6.45) is 1.88. The second-order valence-corrected chi connectivity index (χ2v) is 31.0. The lowest BCUT2D eigenvalue weighted by Gasteiger charge is -2.50. The van der Waals surface area contributed by atoms with E-state index in [4.69, 9.17) is 37.3 Å². The highest BCUT2D eigenvalue weighted by Gasteiger charge is 2.63. The van der Waals surface area contributed by atoms with Crippen LogP contribution in [0.2, 0.25) is 23.2 Å². The zero-order valence-electron chi connectivity index (χ0n) is 43.8. The average Bonchev–Trinajstić information content (AvgIpc) is 3.93. The summed E-state index contributed by atoms with van der Waals surface area (Å²) in [7, 11) is -3.85. The first-order valence-electron chi connectivity index (χ1n) is 26.4. The Morgan fingerprint density at radius 2 is 1.39 bits per heavy atom. The van der Waals surface area contributed by atoms with Crippen LogP contribution in [-0.2, 0) is 43.9 Å². The zero-order chi connectivity index (χ0) is 50.5. The molecule has 386 valence electrons. The first-order chi connectivity index (χ1) is 34.1. The first-order valence-corrected chi connectivity index (χ1v) is 30.9. The van der Waals surface area contributed by atoms with Gasteiger partial charge < -0.3 is 47.7 Å². The number of epoxide rings is 1. The predicted molar refractivity (Wildman–Crippen MR) is 284 cm³/mol. The lowest BCUT2D eigenvalue weighted by atomic mass is 9.88. The number of carbonyl (C=O) groups excluding carboxylic acids is 1. The molecule has 1 unspecified atom stereocenters. The Labute approximate surface area is 425 Å². The topological polar surface area (TPSA) is 126 Å². The number of hydrogen-bond acceptors (Lipinski definition) is 10. The molecule has 0 bridgehead atoms. The summed E-state index contributed by atoms with van der Waals surface area (Å²) in [6.45, 7) is 18.6. The molecule has 0 aromatic heterocycles. The van der Waals surface area contributed by atoms with Gasteiger partial charge in [-0.3, -0.25) is 4.79 Å². The van der Waals surface area contributed by atoms with Gasteiger partial charge in [-0.25, -0.2) is 0 Å². The number of aliphatic hydroxyl groups is 1. The molecule has 4 fully saturated rings. The number of nitrogens with one attached hydrogen (secondary N) is 1. The Kier molecular flexibility index (Phi) is 16.9. The van der Waals surface area contributed by atoms with E-state index >= 15 is 0 Å². The minimum atomic E-state index is -3.26. The maximum Gasteiger partial charge on any atom is 0.261 e. The normalized spacial score (nSPS) is 28.1. The van der Waals surface area contributed by atoms with Crippen molar-refractivity contribution in [2.24, 2.45) is 5.92 Å². The molecule has 4 aliphatic rings. The highest BCUT2D eigenvalue weighted by Crippen LogP contribution is 2.51. The van der Waals surface area contributed by atoms with Crippen molar-refractivity contribution in [2.75, 3.05) is 25.6 Å². The first kappa shape index (κ1) is 53.6. The van der Waals surface area contributed by atoms with E-state index in [1.165, 1.54) is 0 Å². The number of methoxy groups -OCH3 is 1. The van der Waals surface area contributed by atoms with Gasteiger partial charge >= 0.3 is 0 Å². The number of amides is 1. The van der Waals surface area contributed by atoms with E-state index in [2.05, 4.69) is 114 Å². The number of ether oxygens (including phenoxy) is 6. The van der Waals surface area contributed by atoms with Crippen molar-refractivity contribution in [1.82, 2.24) is 0 Å². The smallest absolute Gasteiger partial charge is 0.261 e. The van der Waals surface area contributed by atoms with Gasteiger partial charge in [0.25, 0.3) is 8.32 Å². The quantitative estimate of drug-likeness (QED) is 0.0581. The maximum atomic E-state index is 13.8. The van der Waals surface area contributed by atoms with Crippen molar-refractivity contribution in [3.05, 3.63) is 121 Å². The van der Waals surface area contributed by atoms with Gasteiger partial charge in [-0.05, 0) is 89.6 Å². The molecule has 0 radical (unpaired) electrons. The van der Waals surface area contributed by atoms with Crippen LogP contribution in [0.3, 0.4) is 0 Å². The summed E-state index contributed by atoms with van der Waals surface area (Å²) in [5, 5.41) is 15.9. The number of hydrogen-bond donors (Lipinski definition) is 2. The zero-order valence-corrected chi connectivity index (χ0v) is 45.8. The molecule has 4 aromatic carbocycles. The molecule has 8 rings (SSSR count). The number of benzene rings is 4. The molecule has 4 heterocycles. The van der Waals surface area contributed by atoms with E-state index in [0.29, 0.717) is 45.3 Å². The fourth-order valence-electron chi connectivity index (χ4n) is 11.8. The van der Waals surface area contributed by atoms with Crippen molar-refractivity contribution in [2.45, 2.75) is 184 Å². The van der Waals surface area contributed by atoms with Crippen LogP contribution in [0.15, 0.2) is 115 Å². The fraction of sp³-hybridized carbons (Fsp3) is 0.569. The number of para-hydroxylation sites is 1. The second-order valence-electron chi connectivity index (χ2n) is 22.0. The van der Waals surface area contributed by atoms with Crippen molar-refractivity contribution in [1.29, 1.82) is 0 Å². The molecular formula is C58H81NO10Si2. The Bertz CT molecular complexity index is 2260. The average molecular weight is 1010 g/mol. The van der Waals surface area contributed by atoms with E-state index in [1.807, 2.05) is 61.5 Å². The lowest BCUT2D eigenvalue weighted by molar-refractivity contribution is -0.289. The largest absolute Gasteiger partial charge is 0.497 e. The van der Waals surface area contributed by atoms with E-state index in [0.717, 1.165) is 58.3 Å². The molecule has 1 amide bonds. The molecular weight excluding hydrogens is 927 g/mol. The third-order valence-electron chi connectivity index (χ3n) is 16.4. The number of anilines is 1. The van der Waals surface area contributed by atoms with E-state index < -0.39 is 70.1 Å². The number of aliphatic hydroxyl groups excluding tert-OH is 1. The third-order valence-corrected chi connectivity index (χ3v) is 26.1.